The number of rotatable bonds is 5. The van der Waals surface area contributed by atoms with Gasteiger partial charge >= 0.3 is 29.6 Å². The number of carbonyl (C=O) groups excluding carboxylic acids is 2. The maximum Gasteiger partial charge on any atom is 1.00 e. The number of nitrogens with one attached hydrogen (secondary N) is 1. The average molecular weight is 362 g/mol. The van der Waals surface area contributed by atoms with Crippen molar-refractivity contribution in [3.63, 3.8) is 0 Å². The van der Waals surface area contributed by atoms with E-state index in [2.05, 4.69) is 4.72 Å². The minimum absolute atomic E-state index is 0. The van der Waals surface area contributed by atoms with Crippen molar-refractivity contribution in [2.24, 2.45) is 0 Å². The first-order valence-electron chi connectivity index (χ1n) is 7.26. The number of aliphatic carboxylic acids is 1. The number of carboxylic acids is 1. The fourth-order valence-electron chi connectivity index (χ4n) is 2.65. The molecule has 1 aliphatic heterocycles. The third-order valence-electron chi connectivity index (χ3n) is 3.76. The van der Waals surface area contributed by atoms with Crippen molar-refractivity contribution in [2.45, 2.75) is 43.2 Å². The van der Waals surface area contributed by atoms with Gasteiger partial charge < -0.3 is 14.8 Å². The van der Waals surface area contributed by atoms with Crippen LogP contribution in [0.4, 0.5) is 0 Å². The third-order valence-corrected chi connectivity index (χ3v) is 5.44. The van der Waals surface area contributed by atoms with E-state index in [1.807, 2.05) is 0 Å². The molecule has 0 bridgehead atoms. The Hall–Kier alpha value is -0.930. The quantitative estimate of drug-likeness (QED) is 0.547. The number of carbonyl (C=O) groups is 2. The number of nitrogens with zero attached hydrogens (tertiary/aromatic N) is 1. The maximum atomic E-state index is 12.6. The van der Waals surface area contributed by atoms with Crippen molar-refractivity contribution >= 4 is 21.9 Å². The van der Waals surface area contributed by atoms with E-state index in [1.165, 1.54) is 30.9 Å². The van der Waals surface area contributed by atoms with Gasteiger partial charge in [-0.3, -0.25) is 4.79 Å². The largest absolute Gasteiger partial charge is 1.00 e. The van der Waals surface area contributed by atoms with Gasteiger partial charge in [0, 0.05) is 6.54 Å². The van der Waals surface area contributed by atoms with E-state index >= 15 is 0 Å². The van der Waals surface area contributed by atoms with Crippen molar-refractivity contribution in [3.05, 3.63) is 30.3 Å². The molecule has 1 saturated heterocycles. The van der Waals surface area contributed by atoms with E-state index in [0.29, 0.717) is 12.8 Å². The summed E-state index contributed by atoms with van der Waals surface area (Å²) in [6, 6.07) is 6.67. The zero-order valence-electron chi connectivity index (χ0n) is 14.0. The van der Waals surface area contributed by atoms with Gasteiger partial charge in [0.15, 0.2) is 0 Å². The molecular weight excluding hydrogens is 343 g/mol. The second-order valence-electron chi connectivity index (χ2n) is 6.02. The van der Waals surface area contributed by atoms with E-state index in [9.17, 15) is 23.1 Å². The van der Waals surface area contributed by atoms with E-state index in [1.54, 1.807) is 18.2 Å². The van der Waals surface area contributed by atoms with Gasteiger partial charge in [-0.25, -0.2) is 8.42 Å². The number of amides is 1. The smallest absolute Gasteiger partial charge is 0.548 e. The molecule has 1 fully saturated rings. The van der Waals surface area contributed by atoms with Gasteiger partial charge in [-0.1, -0.05) is 18.2 Å². The number of hydrogen-bond acceptors (Lipinski definition) is 5. The van der Waals surface area contributed by atoms with Crippen LogP contribution in [0.15, 0.2) is 35.2 Å². The first-order chi connectivity index (χ1) is 10.6. The molecule has 1 heterocycles. The molecule has 0 unspecified atom stereocenters. The van der Waals surface area contributed by atoms with Crippen LogP contribution < -0.4 is 39.4 Å². The van der Waals surface area contributed by atoms with Crippen LogP contribution >= 0.6 is 0 Å². The third kappa shape index (κ3) is 4.58. The molecule has 0 radical (unpaired) electrons. The van der Waals surface area contributed by atoms with Crippen molar-refractivity contribution in [1.29, 1.82) is 0 Å². The standard InChI is InChI=1S/C15H20N2O5S.Na/c1-15(2,14(20)17-10-6-9-12(17)13(18)19)16-23(21,22)11-7-4-3-5-8-11;/h3-5,7-8,12,16H,6,9-10H2,1-2H3,(H,18,19);/q;+1/p-1/t12-;/m0./s1. The summed E-state index contributed by atoms with van der Waals surface area (Å²) < 4.78 is 27.1. The number of carboxylic acid groups (broad SMARTS) is 1. The van der Waals surface area contributed by atoms with E-state index in [0.717, 1.165) is 0 Å². The summed E-state index contributed by atoms with van der Waals surface area (Å²) in [6.45, 7) is 3.11. The van der Waals surface area contributed by atoms with Crippen LogP contribution in [0.2, 0.25) is 0 Å². The van der Waals surface area contributed by atoms with E-state index in [-0.39, 0.29) is 41.0 Å². The van der Waals surface area contributed by atoms with E-state index < -0.39 is 33.5 Å². The normalized spacial score (nSPS) is 18.1. The monoisotopic (exact) mass is 362 g/mol. The Labute approximate surface area is 163 Å². The molecule has 1 atom stereocenters. The van der Waals surface area contributed by atoms with Crippen LogP contribution in [0.3, 0.4) is 0 Å². The maximum absolute atomic E-state index is 12.6. The average Bonchev–Trinajstić information content (AvgIpc) is 2.95. The molecule has 2 rings (SSSR count). The minimum atomic E-state index is -3.89. The Morgan fingerprint density at radius 3 is 2.38 bits per heavy atom. The molecule has 126 valence electrons. The number of hydrogen-bond donors (Lipinski definition) is 1. The summed E-state index contributed by atoms with van der Waals surface area (Å²) in [5.74, 6) is -1.90. The first-order valence-corrected chi connectivity index (χ1v) is 8.74. The molecule has 0 spiro atoms. The number of sulfonamides is 1. The van der Waals surface area contributed by atoms with Crippen LogP contribution in [0.25, 0.3) is 0 Å². The Balaban J connectivity index is 0.00000288. The molecule has 1 amide bonds. The van der Waals surface area contributed by atoms with Crippen LogP contribution in [0, 0.1) is 0 Å². The molecule has 0 saturated carbocycles. The van der Waals surface area contributed by atoms with Crippen LogP contribution in [0.5, 0.6) is 0 Å². The summed E-state index contributed by atoms with van der Waals surface area (Å²) in [4.78, 5) is 24.9. The van der Waals surface area contributed by atoms with Crippen LogP contribution in [0.1, 0.15) is 26.7 Å². The van der Waals surface area contributed by atoms with Gasteiger partial charge in [0.25, 0.3) is 0 Å². The predicted octanol–water partition coefficient (Wildman–Crippen LogP) is -3.51. The van der Waals surface area contributed by atoms with Gasteiger partial charge in [0.1, 0.15) is 5.54 Å². The van der Waals surface area contributed by atoms with Gasteiger partial charge in [-0.2, -0.15) is 4.72 Å². The summed E-state index contributed by atoms with van der Waals surface area (Å²) >= 11 is 0. The fraction of sp³-hybridized carbons (Fsp3) is 0.467. The molecular formula is C15H19N2NaO5S. The SMILES string of the molecule is CC(C)(NS(=O)(=O)c1ccccc1)C(=O)N1CCC[C@H]1C(=O)[O-].[Na+]. The number of benzene rings is 1. The molecule has 1 N–H and O–H groups in total. The first kappa shape index (κ1) is 21.1. The van der Waals surface area contributed by atoms with Crippen molar-refractivity contribution < 1.29 is 52.7 Å². The second kappa shape index (κ2) is 7.97. The Morgan fingerprint density at radius 1 is 1.25 bits per heavy atom. The van der Waals surface area contributed by atoms with Gasteiger partial charge in [0.05, 0.1) is 16.9 Å². The molecule has 24 heavy (non-hydrogen) atoms. The Morgan fingerprint density at radius 2 is 1.83 bits per heavy atom. The molecule has 1 aliphatic rings. The van der Waals surface area contributed by atoms with E-state index in [4.69, 9.17) is 0 Å². The Bertz CT molecular complexity index is 706. The molecule has 0 aliphatic carbocycles. The van der Waals surface area contributed by atoms with Crippen molar-refractivity contribution in [1.82, 2.24) is 9.62 Å². The summed E-state index contributed by atoms with van der Waals surface area (Å²) in [5, 5.41) is 11.1. The van der Waals surface area contributed by atoms with Crippen molar-refractivity contribution in [3.8, 4) is 0 Å². The molecule has 1 aromatic carbocycles. The van der Waals surface area contributed by atoms with Crippen LogP contribution in [-0.4, -0.2) is 43.3 Å². The predicted molar refractivity (Wildman–Crippen MR) is 80.6 cm³/mol. The topological polar surface area (TPSA) is 107 Å². The second-order valence-corrected chi connectivity index (χ2v) is 7.70. The molecule has 7 nitrogen and oxygen atoms in total. The minimum Gasteiger partial charge on any atom is -0.548 e. The van der Waals surface area contributed by atoms with Gasteiger partial charge in [-0.05, 0) is 38.8 Å². The summed E-state index contributed by atoms with van der Waals surface area (Å²) in [6.07, 6.45) is 0.863. The van der Waals surface area contributed by atoms with Gasteiger partial charge in [0.2, 0.25) is 15.9 Å². The Kier molecular flexibility index (Phi) is 7.01. The zero-order valence-corrected chi connectivity index (χ0v) is 16.8. The zero-order chi connectivity index (χ0) is 17.3. The fourth-order valence-corrected chi connectivity index (χ4v) is 4.04. The summed E-state index contributed by atoms with van der Waals surface area (Å²) in [7, 11) is -3.89. The molecule has 1 aromatic rings. The van der Waals surface area contributed by atoms with Crippen molar-refractivity contribution in [2.75, 3.05) is 6.54 Å². The molecule has 0 aromatic heterocycles. The van der Waals surface area contributed by atoms with Crippen LogP contribution in [-0.2, 0) is 19.6 Å². The molecule has 9 heteroatoms. The summed E-state index contributed by atoms with van der Waals surface area (Å²) in [5.41, 5.74) is -1.47. The van der Waals surface area contributed by atoms with Gasteiger partial charge in [-0.15, -0.1) is 0 Å². The number of likely N-dealkylation sites (tertiary alicyclic amines) is 1.